The van der Waals surface area contributed by atoms with Gasteiger partial charge in [-0.3, -0.25) is 4.79 Å². The van der Waals surface area contributed by atoms with Crippen molar-refractivity contribution in [2.75, 3.05) is 54.0 Å². The van der Waals surface area contributed by atoms with Gasteiger partial charge in [-0.15, -0.1) is 0 Å². The summed E-state index contributed by atoms with van der Waals surface area (Å²) in [5, 5.41) is 41.2. The van der Waals surface area contributed by atoms with Gasteiger partial charge in [-0.25, -0.2) is 38.4 Å². The highest BCUT2D eigenvalue weighted by atomic mass is 19.4. The van der Waals surface area contributed by atoms with Gasteiger partial charge in [0.15, 0.2) is 0 Å². The fourth-order valence-electron chi connectivity index (χ4n) is 13.4. The normalized spacial score (nSPS) is 10.8. The molecule has 3 N–H and O–H groups in total. The molecule has 8 aromatic carbocycles. The van der Waals surface area contributed by atoms with Crippen LogP contribution in [-0.2, 0) is 37.0 Å². The van der Waals surface area contributed by atoms with Crippen LogP contribution in [0.4, 0.5) is 30.2 Å². The van der Waals surface area contributed by atoms with E-state index in [1.54, 1.807) is 57.2 Å². The topological polar surface area (TPSA) is 349 Å². The predicted molar refractivity (Wildman–Crippen MR) is 466 cm³/mol. The molecule has 0 unspecified atom stereocenters. The number of anilines is 3. The Balaban J connectivity index is 0.000000162. The van der Waals surface area contributed by atoms with Crippen LogP contribution in [0.2, 0.25) is 0 Å². The predicted octanol–water partition coefficient (Wildman–Crippen LogP) is 18.5. The molecule has 27 heteroatoms. The third-order valence-electron chi connectivity index (χ3n) is 19.9. The summed E-state index contributed by atoms with van der Waals surface area (Å²) in [4.78, 5) is 107. The molecule has 7 heterocycles. The van der Waals surface area contributed by atoms with Crippen LogP contribution in [0.25, 0.3) is 76.8 Å². The van der Waals surface area contributed by atoms with E-state index in [0.717, 1.165) is 135 Å². The van der Waals surface area contributed by atoms with Crippen LogP contribution in [-0.4, -0.2) is 66.5 Å². The molecule has 0 aliphatic carbocycles. The number of fused-ring (bicyclic) bond motifs is 7. The highest BCUT2D eigenvalue weighted by Crippen LogP contribution is 2.33. The maximum absolute atomic E-state index is 12.4. The van der Waals surface area contributed by atoms with Crippen LogP contribution in [0.5, 0.6) is 5.75 Å². The first-order chi connectivity index (χ1) is 58.2. The van der Waals surface area contributed by atoms with E-state index in [1.165, 1.54) is 48.5 Å². The number of carboxylic acid groups (broad SMARTS) is 2. The third kappa shape index (κ3) is 23.5. The Morgan fingerprint density at radius 1 is 0.418 bits per heavy atom. The van der Waals surface area contributed by atoms with Crippen LogP contribution in [0.15, 0.2) is 259 Å². The molecule has 0 aliphatic rings. The van der Waals surface area contributed by atoms with Gasteiger partial charge in [0.1, 0.15) is 51.4 Å². The number of carboxylic acids is 2. The standard InChI is InChI=1S/C17H14O3.C16H19NO4.C15H19NO2.C14H17NO3.C11H7F3O2.C11H7NO2.C11H8O4/c1-12-9-17(18)20-16-10-14(7-8-15(12)16)19-11-13-5-3-2-4-6-13;1-4-17(5-2)11-6-7-12-10(3)13(9-15(18)19)16(20)21-14(12)8-11;1-4-11-9-15(17)18-14-10-12(7-8-13(11)14)16(5-2)6-3;1-3-15(4-2)11-5-6-12-10(9-16)7-14(17)18-13(12)8-11;1-6-4-10(15)16-9-5-7(11(12,13)14)2-3-8(6)9;1-7-4-11(13)14-10-5-8(6-12)2-3-9(7)10;1-6-4-10(12)15-9-5-7(11(13)14)2-3-8(6)9/h2-10H,11H2,1H3;6-8H,4-5,9H2,1-3H3,(H,18,19);7-10H,4-6H2,1-3H3;5-8,16H,3-4,9H2,1-2H3;2-5H,1H3;2-5H,1H3;2-5H,1H3,(H,13,14). The lowest BCUT2D eigenvalue weighted by Gasteiger charge is -2.21. The molecule has 0 saturated heterocycles. The van der Waals surface area contributed by atoms with Crippen molar-refractivity contribution in [2.45, 2.75) is 115 Å². The van der Waals surface area contributed by atoms with Gasteiger partial charge in [0, 0.05) is 155 Å². The molecule has 0 bridgehead atoms. The molecule has 0 spiro atoms. The van der Waals surface area contributed by atoms with Gasteiger partial charge in [0.25, 0.3) is 0 Å². The minimum Gasteiger partial charge on any atom is -0.489 e. The second-order valence-corrected chi connectivity index (χ2v) is 27.8. The van der Waals surface area contributed by atoms with Crippen LogP contribution < -0.4 is 58.8 Å². The highest BCUT2D eigenvalue weighted by Gasteiger charge is 2.31. The number of aromatic carboxylic acids is 1. The van der Waals surface area contributed by atoms with E-state index in [-0.39, 0.29) is 46.6 Å². The van der Waals surface area contributed by atoms with Crippen molar-refractivity contribution in [1.82, 2.24) is 0 Å². The molecule has 24 nitrogen and oxygen atoms in total. The van der Waals surface area contributed by atoms with Crippen molar-refractivity contribution in [3.63, 3.8) is 0 Å². The Kier molecular flexibility index (Phi) is 31.4. The number of ether oxygens (including phenoxy) is 1. The summed E-state index contributed by atoms with van der Waals surface area (Å²) in [5.74, 6) is -1.39. The lowest BCUT2D eigenvalue weighted by Crippen LogP contribution is -2.21. The molecule has 7 aromatic heterocycles. The van der Waals surface area contributed by atoms with E-state index in [2.05, 4.69) is 62.3 Å². The molecule has 632 valence electrons. The number of aliphatic hydroxyl groups excluding tert-OH is 1. The molecule has 0 amide bonds. The number of hydrogen-bond acceptors (Lipinski definition) is 22. The zero-order valence-corrected chi connectivity index (χ0v) is 69.3. The summed E-state index contributed by atoms with van der Waals surface area (Å²) in [6.07, 6.45) is -3.91. The van der Waals surface area contributed by atoms with Gasteiger partial charge in [0.05, 0.1) is 41.4 Å². The molecule has 0 fully saturated rings. The summed E-state index contributed by atoms with van der Waals surface area (Å²) < 4.78 is 78.5. The van der Waals surface area contributed by atoms with E-state index < -0.39 is 46.2 Å². The fourth-order valence-corrected chi connectivity index (χ4v) is 13.4. The molecule has 0 atom stereocenters. The number of alkyl halides is 3. The first-order valence-electron chi connectivity index (χ1n) is 39.1. The number of aliphatic carboxylic acids is 1. The van der Waals surface area contributed by atoms with Gasteiger partial charge in [-0.2, -0.15) is 18.4 Å². The van der Waals surface area contributed by atoms with Crippen molar-refractivity contribution >= 4 is 106 Å². The zero-order chi connectivity index (χ0) is 88.8. The number of rotatable bonds is 17. The second-order valence-electron chi connectivity index (χ2n) is 27.8. The number of aryl methyl sites for hydroxylation is 6. The van der Waals surface area contributed by atoms with Gasteiger partial charge in [-0.1, -0.05) is 49.4 Å². The highest BCUT2D eigenvalue weighted by molar-refractivity contribution is 5.93. The summed E-state index contributed by atoms with van der Waals surface area (Å²) >= 11 is 0. The van der Waals surface area contributed by atoms with E-state index >= 15 is 0 Å². The quantitative estimate of drug-likeness (QED) is 0.0713. The Hall–Kier alpha value is -14.4. The SMILES string of the molecule is CCN(CC)c1ccc2c(C)c(CC(=O)O)c(=O)oc2c1.CCN(CC)c1ccc2c(CO)cc(=O)oc2c1.CCc1cc(=O)oc2cc(N(CC)CC)ccc12.Cc1cc(=O)oc2cc(C#N)ccc12.Cc1cc(=O)oc2cc(C(=O)O)ccc12.Cc1cc(=O)oc2cc(C(F)(F)F)ccc12.Cc1cc(=O)oc2cc(OCc3ccccc3)ccc12. The number of hydrogen-bond donors (Lipinski definition) is 3. The minimum absolute atomic E-state index is 0.0418. The van der Waals surface area contributed by atoms with Gasteiger partial charge >= 0.3 is 57.5 Å². The number of carbonyl (C=O) groups is 2. The summed E-state index contributed by atoms with van der Waals surface area (Å²) in [7, 11) is 0. The van der Waals surface area contributed by atoms with Crippen molar-refractivity contribution in [2.24, 2.45) is 0 Å². The van der Waals surface area contributed by atoms with Crippen molar-refractivity contribution < 1.29 is 73.7 Å². The first-order valence-corrected chi connectivity index (χ1v) is 39.1. The van der Waals surface area contributed by atoms with E-state index in [1.807, 2.05) is 118 Å². The van der Waals surface area contributed by atoms with Gasteiger partial charge in [0.2, 0.25) is 0 Å². The van der Waals surface area contributed by atoms with Gasteiger partial charge in [-0.05, 0) is 218 Å². The van der Waals surface area contributed by atoms with Crippen molar-refractivity contribution in [3.8, 4) is 11.8 Å². The maximum Gasteiger partial charge on any atom is 0.416 e. The Labute approximate surface area is 696 Å². The summed E-state index contributed by atoms with van der Waals surface area (Å²) in [6.45, 7) is 29.2. The number of benzene rings is 8. The van der Waals surface area contributed by atoms with E-state index in [0.29, 0.717) is 73.5 Å². The monoisotopic (exact) mass is 1660 g/mol. The van der Waals surface area contributed by atoms with Crippen LogP contribution in [0.1, 0.15) is 120 Å². The molecule has 0 aliphatic heterocycles. The lowest BCUT2D eigenvalue weighted by molar-refractivity contribution is -0.138. The average molecular weight is 1670 g/mol. The number of halogens is 3. The molecule has 0 radical (unpaired) electrons. The van der Waals surface area contributed by atoms with Crippen molar-refractivity contribution in [3.05, 3.63) is 334 Å². The zero-order valence-electron chi connectivity index (χ0n) is 69.3. The molecular weight excluding hydrogens is 1570 g/mol. The number of aliphatic hydroxyl groups is 1. The molecular formula is C95H91F3N4O20. The third-order valence-corrected chi connectivity index (χ3v) is 19.9. The Bertz CT molecular complexity index is 6670. The number of nitriles is 1. The lowest BCUT2D eigenvalue weighted by atomic mass is 10.0. The molecule has 0 saturated carbocycles. The average Bonchev–Trinajstić information content (AvgIpc) is 0.865. The van der Waals surface area contributed by atoms with Crippen LogP contribution in [0, 0.1) is 45.9 Å². The largest absolute Gasteiger partial charge is 0.489 e. The Morgan fingerprint density at radius 3 is 1.22 bits per heavy atom. The summed E-state index contributed by atoms with van der Waals surface area (Å²) in [6, 6.07) is 56.1. The van der Waals surface area contributed by atoms with E-state index in [4.69, 9.17) is 51.1 Å². The maximum atomic E-state index is 12.4. The number of nitrogens with zero attached hydrogens (tertiary/aromatic N) is 4. The first kappa shape index (κ1) is 91.5. The molecule has 15 rings (SSSR count). The molecule has 15 aromatic rings. The van der Waals surface area contributed by atoms with E-state index in [9.17, 15) is 61.4 Å². The Morgan fingerprint density at radius 2 is 0.795 bits per heavy atom. The van der Waals surface area contributed by atoms with Crippen LogP contribution in [0.3, 0.4) is 0 Å². The second kappa shape index (κ2) is 41.8. The smallest absolute Gasteiger partial charge is 0.416 e. The molecule has 122 heavy (non-hydrogen) atoms. The minimum atomic E-state index is -4.43. The summed E-state index contributed by atoms with van der Waals surface area (Å²) in [5.41, 5.74) is 9.55. The van der Waals surface area contributed by atoms with Gasteiger partial charge < -0.3 is 65.7 Å². The van der Waals surface area contributed by atoms with Crippen molar-refractivity contribution in [1.29, 1.82) is 5.26 Å². The fraction of sp³-hybridized carbons (Fsp3) is 0.242. The van der Waals surface area contributed by atoms with Crippen LogP contribution >= 0.6 is 0 Å².